The van der Waals surface area contributed by atoms with Gasteiger partial charge in [0.1, 0.15) is 11.3 Å². The van der Waals surface area contributed by atoms with E-state index in [1.165, 1.54) is 24.0 Å². The van der Waals surface area contributed by atoms with Crippen LogP contribution in [-0.2, 0) is 13.1 Å². The van der Waals surface area contributed by atoms with Gasteiger partial charge in [-0.05, 0) is 54.7 Å². The van der Waals surface area contributed by atoms with E-state index in [-0.39, 0.29) is 5.91 Å². The molecule has 5 rings (SSSR count). The number of carbonyl (C=O) groups is 1. The second-order valence-corrected chi connectivity index (χ2v) is 7.11. The fraction of sp³-hybridized carbons (Fsp3) is 0.300. The lowest BCUT2D eigenvalue weighted by atomic mass is 10.1. The normalized spacial score (nSPS) is 17.0. The van der Waals surface area contributed by atoms with E-state index in [0.29, 0.717) is 5.69 Å². The Kier molecular flexibility index (Phi) is 3.18. The van der Waals surface area contributed by atoms with Crippen LogP contribution in [-0.4, -0.2) is 26.2 Å². The first-order valence-electron chi connectivity index (χ1n) is 8.79. The number of imidazole rings is 1. The summed E-state index contributed by atoms with van der Waals surface area (Å²) in [6.45, 7) is 3.95. The van der Waals surface area contributed by atoms with E-state index in [0.717, 1.165) is 36.0 Å². The smallest absolute Gasteiger partial charge is 0.274 e. The summed E-state index contributed by atoms with van der Waals surface area (Å²) in [4.78, 5) is 19.7. The maximum atomic E-state index is 12.8. The van der Waals surface area contributed by atoms with E-state index in [4.69, 9.17) is 0 Å². The van der Waals surface area contributed by atoms with Crippen molar-refractivity contribution in [3.63, 3.8) is 0 Å². The molecule has 126 valence electrons. The van der Waals surface area contributed by atoms with Gasteiger partial charge < -0.3 is 5.32 Å². The maximum absolute atomic E-state index is 12.8. The minimum atomic E-state index is -0.116. The number of nitrogens with one attached hydrogen (secondary N) is 1. The SMILES string of the molecule is Cc1ccn2c(C(=O)Nc3cccc4c3CN(C3CC3)C4)cnc2c1. The third-order valence-electron chi connectivity index (χ3n) is 5.22. The van der Waals surface area contributed by atoms with E-state index in [9.17, 15) is 4.79 Å². The molecule has 0 radical (unpaired) electrons. The molecule has 2 aliphatic rings. The lowest BCUT2D eigenvalue weighted by Gasteiger charge is -2.13. The second kappa shape index (κ2) is 5.43. The van der Waals surface area contributed by atoms with Crippen LogP contribution in [0.15, 0.2) is 42.7 Å². The van der Waals surface area contributed by atoms with Gasteiger partial charge in [-0.3, -0.25) is 14.1 Å². The number of benzene rings is 1. The van der Waals surface area contributed by atoms with Gasteiger partial charge >= 0.3 is 0 Å². The van der Waals surface area contributed by atoms with Gasteiger partial charge in [-0.25, -0.2) is 4.98 Å². The molecule has 1 aromatic carbocycles. The van der Waals surface area contributed by atoms with E-state index < -0.39 is 0 Å². The molecule has 1 fully saturated rings. The van der Waals surface area contributed by atoms with Crippen LogP contribution in [0.25, 0.3) is 5.65 Å². The van der Waals surface area contributed by atoms with Crippen LogP contribution < -0.4 is 5.32 Å². The second-order valence-electron chi connectivity index (χ2n) is 7.11. The van der Waals surface area contributed by atoms with Gasteiger partial charge in [0.25, 0.3) is 5.91 Å². The third kappa shape index (κ3) is 2.51. The predicted molar refractivity (Wildman–Crippen MR) is 96.6 cm³/mol. The first-order chi connectivity index (χ1) is 12.2. The highest BCUT2D eigenvalue weighted by Gasteiger charge is 2.34. The van der Waals surface area contributed by atoms with Crippen molar-refractivity contribution in [3.05, 3.63) is 65.1 Å². The Bertz CT molecular complexity index is 987. The number of hydrogen-bond donors (Lipinski definition) is 1. The topological polar surface area (TPSA) is 49.6 Å². The lowest BCUT2D eigenvalue weighted by molar-refractivity contribution is 0.102. The molecule has 1 aliphatic carbocycles. The molecule has 0 saturated heterocycles. The molecular formula is C20H20N4O. The summed E-state index contributed by atoms with van der Waals surface area (Å²) in [6, 6.07) is 10.9. The summed E-state index contributed by atoms with van der Waals surface area (Å²) in [5, 5.41) is 3.10. The van der Waals surface area contributed by atoms with Gasteiger partial charge in [-0.1, -0.05) is 12.1 Å². The molecule has 1 amide bonds. The van der Waals surface area contributed by atoms with Crippen molar-refractivity contribution in [2.24, 2.45) is 0 Å². The molecule has 0 unspecified atom stereocenters. The molecule has 0 bridgehead atoms. The van der Waals surface area contributed by atoms with Crippen molar-refractivity contribution in [2.45, 2.75) is 38.9 Å². The standard InChI is InChI=1S/C20H20N4O/c1-13-7-8-24-18(10-21-19(24)9-13)20(25)22-17-4-2-3-14-11-23(12-16(14)17)15-5-6-15/h2-4,7-10,15H,5-6,11-12H2,1H3,(H,22,25). The molecule has 0 spiro atoms. The average Bonchev–Trinajstić information content (AvgIpc) is 3.22. The molecule has 5 nitrogen and oxygen atoms in total. The van der Waals surface area contributed by atoms with Crippen LogP contribution in [0, 0.1) is 6.92 Å². The van der Waals surface area contributed by atoms with E-state index >= 15 is 0 Å². The van der Waals surface area contributed by atoms with Crippen LogP contribution >= 0.6 is 0 Å². The molecule has 5 heteroatoms. The number of pyridine rings is 1. The monoisotopic (exact) mass is 332 g/mol. The summed E-state index contributed by atoms with van der Waals surface area (Å²) >= 11 is 0. The molecule has 1 saturated carbocycles. The van der Waals surface area contributed by atoms with Crippen molar-refractivity contribution in [1.82, 2.24) is 14.3 Å². The minimum Gasteiger partial charge on any atom is -0.320 e. The molecule has 3 aromatic rings. The van der Waals surface area contributed by atoms with Crippen LogP contribution in [0.2, 0.25) is 0 Å². The van der Waals surface area contributed by atoms with Gasteiger partial charge in [-0.15, -0.1) is 0 Å². The fourth-order valence-electron chi connectivity index (χ4n) is 3.70. The van der Waals surface area contributed by atoms with E-state index in [2.05, 4.69) is 21.3 Å². The van der Waals surface area contributed by atoms with Crippen LogP contribution in [0.4, 0.5) is 5.69 Å². The van der Waals surface area contributed by atoms with Crippen LogP contribution in [0.3, 0.4) is 0 Å². The Hall–Kier alpha value is -2.66. The lowest BCUT2D eigenvalue weighted by Crippen LogP contribution is -2.19. The van der Waals surface area contributed by atoms with Gasteiger partial charge in [0.15, 0.2) is 0 Å². The Balaban J connectivity index is 1.44. The Morgan fingerprint density at radius 1 is 1.24 bits per heavy atom. The minimum absolute atomic E-state index is 0.116. The Morgan fingerprint density at radius 3 is 2.96 bits per heavy atom. The van der Waals surface area contributed by atoms with Crippen molar-refractivity contribution in [3.8, 4) is 0 Å². The van der Waals surface area contributed by atoms with Crippen LogP contribution in [0.5, 0.6) is 0 Å². The van der Waals surface area contributed by atoms with Crippen molar-refractivity contribution in [2.75, 3.05) is 5.32 Å². The highest BCUT2D eigenvalue weighted by Crippen LogP contribution is 2.37. The van der Waals surface area contributed by atoms with Gasteiger partial charge in [0, 0.05) is 31.0 Å². The fourth-order valence-corrected chi connectivity index (χ4v) is 3.70. The summed E-state index contributed by atoms with van der Waals surface area (Å²) in [5.74, 6) is -0.116. The molecule has 3 heterocycles. The zero-order valence-electron chi connectivity index (χ0n) is 14.2. The summed E-state index contributed by atoms with van der Waals surface area (Å²) in [5.41, 5.74) is 6.00. The highest BCUT2D eigenvalue weighted by molar-refractivity contribution is 6.04. The van der Waals surface area contributed by atoms with Gasteiger partial charge in [0.2, 0.25) is 0 Å². The number of amides is 1. The molecule has 1 aliphatic heterocycles. The Labute approximate surface area is 146 Å². The average molecular weight is 332 g/mol. The number of fused-ring (bicyclic) bond motifs is 2. The van der Waals surface area contributed by atoms with Crippen molar-refractivity contribution < 1.29 is 4.79 Å². The third-order valence-corrected chi connectivity index (χ3v) is 5.22. The molecule has 2 aromatic heterocycles. The quantitative estimate of drug-likeness (QED) is 0.800. The largest absolute Gasteiger partial charge is 0.320 e. The van der Waals surface area contributed by atoms with Crippen molar-refractivity contribution >= 4 is 17.2 Å². The predicted octanol–water partition coefficient (Wildman–Crippen LogP) is 3.37. The van der Waals surface area contributed by atoms with Gasteiger partial charge in [-0.2, -0.15) is 0 Å². The highest BCUT2D eigenvalue weighted by atomic mass is 16.1. The number of carbonyl (C=O) groups excluding carboxylic acids is 1. The zero-order valence-corrected chi connectivity index (χ0v) is 14.2. The van der Waals surface area contributed by atoms with E-state index in [1.54, 1.807) is 6.20 Å². The summed E-state index contributed by atoms with van der Waals surface area (Å²) in [7, 11) is 0. The number of anilines is 1. The van der Waals surface area contributed by atoms with E-state index in [1.807, 2.05) is 41.8 Å². The molecule has 0 atom stereocenters. The van der Waals surface area contributed by atoms with Gasteiger partial charge in [0.05, 0.1) is 6.20 Å². The molecule has 25 heavy (non-hydrogen) atoms. The first-order valence-corrected chi connectivity index (χ1v) is 8.79. The summed E-state index contributed by atoms with van der Waals surface area (Å²) in [6.07, 6.45) is 6.15. The Morgan fingerprint density at radius 2 is 2.12 bits per heavy atom. The van der Waals surface area contributed by atoms with Crippen molar-refractivity contribution in [1.29, 1.82) is 0 Å². The first kappa shape index (κ1) is 14.7. The molecule has 1 N–H and O–H groups in total. The maximum Gasteiger partial charge on any atom is 0.274 e. The van der Waals surface area contributed by atoms with Crippen LogP contribution in [0.1, 0.15) is 40.0 Å². The number of rotatable bonds is 3. The number of hydrogen-bond acceptors (Lipinski definition) is 3. The number of aromatic nitrogens is 2. The number of aryl methyl sites for hydroxylation is 1. The zero-order chi connectivity index (χ0) is 17.0. The number of nitrogens with zero attached hydrogens (tertiary/aromatic N) is 3. The summed E-state index contributed by atoms with van der Waals surface area (Å²) < 4.78 is 1.84. The molecular weight excluding hydrogens is 312 g/mol.